The predicted molar refractivity (Wildman–Crippen MR) is 106 cm³/mol. The van der Waals surface area contributed by atoms with E-state index in [1.165, 1.54) is 18.9 Å². The first-order valence-corrected chi connectivity index (χ1v) is 12.4. The third-order valence-corrected chi connectivity index (χ3v) is 8.38. The van der Waals surface area contributed by atoms with E-state index in [-0.39, 0.29) is 39.7 Å². The van der Waals surface area contributed by atoms with Crippen molar-refractivity contribution in [2.75, 3.05) is 6.61 Å². The Bertz CT molecular complexity index is 453. The highest BCUT2D eigenvalue weighted by Crippen LogP contribution is 2.48. The number of Topliss-reactive ketones (excluding diaryl/α,β-unsaturated/α-hetero) is 1. The zero-order valence-corrected chi connectivity index (χ0v) is 18.0. The SMILES string of the molecule is [CH2]CCCC(CC(=O)[C]1OC2CCC1CC2[SiH2]CCCC)C(=O)OCC. The Hall–Kier alpha value is -0.683. The highest BCUT2D eigenvalue weighted by molar-refractivity contribution is 6.38. The molecule has 3 rings (SSSR count). The molecule has 2 radical (unpaired) electrons. The van der Waals surface area contributed by atoms with Gasteiger partial charge < -0.3 is 9.47 Å². The second kappa shape index (κ2) is 11.2. The van der Waals surface area contributed by atoms with Gasteiger partial charge in [0, 0.05) is 15.9 Å². The molecule has 2 aliphatic heterocycles. The molecular weight excluding hydrogens is 344 g/mol. The molecule has 148 valence electrons. The highest BCUT2D eigenvalue weighted by Gasteiger charge is 2.46. The van der Waals surface area contributed by atoms with Crippen molar-refractivity contribution < 1.29 is 19.1 Å². The second-order valence-electron chi connectivity index (χ2n) is 7.86. The van der Waals surface area contributed by atoms with Crippen LogP contribution in [0.5, 0.6) is 0 Å². The van der Waals surface area contributed by atoms with E-state index in [0.717, 1.165) is 37.6 Å². The van der Waals surface area contributed by atoms with Crippen molar-refractivity contribution in [3.05, 3.63) is 13.0 Å². The Morgan fingerprint density at radius 1 is 1.31 bits per heavy atom. The van der Waals surface area contributed by atoms with E-state index < -0.39 is 0 Å². The summed E-state index contributed by atoms with van der Waals surface area (Å²) in [6.45, 7) is 8.25. The minimum Gasteiger partial charge on any atom is -0.466 e. The fourth-order valence-electron chi connectivity index (χ4n) is 4.42. The molecule has 2 bridgehead atoms. The van der Waals surface area contributed by atoms with E-state index in [1.54, 1.807) is 6.92 Å². The lowest BCUT2D eigenvalue weighted by Crippen LogP contribution is -2.44. The molecule has 0 aromatic carbocycles. The van der Waals surface area contributed by atoms with Gasteiger partial charge in [-0.05, 0) is 44.1 Å². The van der Waals surface area contributed by atoms with Gasteiger partial charge in [0.15, 0.2) is 11.9 Å². The van der Waals surface area contributed by atoms with E-state index in [4.69, 9.17) is 9.47 Å². The number of ketones is 1. The van der Waals surface area contributed by atoms with Gasteiger partial charge in [-0.2, -0.15) is 0 Å². The largest absolute Gasteiger partial charge is 0.466 e. The lowest BCUT2D eigenvalue weighted by Gasteiger charge is -2.46. The summed E-state index contributed by atoms with van der Waals surface area (Å²) in [7, 11) is -0.104. The number of hydrogen-bond acceptors (Lipinski definition) is 4. The van der Waals surface area contributed by atoms with Crippen molar-refractivity contribution in [3.8, 4) is 0 Å². The zero-order chi connectivity index (χ0) is 18.9. The molecule has 0 amide bonds. The monoisotopic (exact) mass is 380 g/mol. The standard InChI is InChI=1S/C21H36O4Si/c1-4-7-9-16(21(23)24-6-3)13-17(22)20-15-10-11-18(25-20)19(14-15)26-12-8-5-2/h15-16,18-19H,1,4-14,26H2,2-3H3. The quantitative estimate of drug-likeness (QED) is 0.291. The molecule has 2 saturated heterocycles. The van der Waals surface area contributed by atoms with Gasteiger partial charge >= 0.3 is 5.97 Å². The van der Waals surface area contributed by atoms with Crippen LogP contribution >= 0.6 is 0 Å². The summed E-state index contributed by atoms with van der Waals surface area (Å²) in [5, 5.41) is 0. The smallest absolute Gasteiger partial charge is 0.309 e. The first-order valence-electron chi connectivity index (χ1n) is 10.6. The van der Waals surface area contributed by atoms with Gasteiger partial charge in [0.2, 0.25) is 0 Å². The molecule has 4 atom stereocenters. The first-order chi connectivity index (χ1) is 12.6. The maximum absolute atomic E-state index is 12.9. The molecule has 1 aliphatic carbocycles. The maximum atomic E-state index is 12.9. The number of unbranched alkanes of at least 4 members (excludes halogenated alkanes) is 2. The lowest BCUT2D eigenvalue weighted by molar-refractivity contribution is -0.151. The number of fused-ring (bicyclic) bond motifs is 3. The van der Waals surface area contributed by atoms with Crippen LogP contribution in [0, 0.1) is 24.9 Å². The second-order valence-corrected chi connectivity index (χ2v) is 10.2. The fourth-order valence-corrected chi connectivity index (χ4v) is 7.08. The summed E-state index contributed by atoms with van der Waals surface area (Å²) < 4.78 is 11.3. The number of carbonyl (C=O) groups excluding carboxylic acids is 2. The molecule has 3 fully saturated rings. The molecule has 0 spiro atoms. The molecule has 4 unspecified atom stereocenters. The van der Waals surface area contributed by atoms with Gasteiger partial charge in [0.25, 0.3) is 0 Å². The third kappa shape index (κ3) is 5.91. The predicted octanol–water partition coefficient (Wildman–Crippen LogP) is 4.04. The van der Waals surface area contributed by atoms with Crippen LogP contribution < -0.4 is 0 Å². The molecule has 0 aromatic rings. The van der Waals surface area contributed by atoms with Crippen LogP contribution in [0.25, 0.3) is 0 Å². The van der Waals surface area contributed by atoms with Crippen molar-refractivity contribution in [2.24, 2.45) is 11.8 Å². The highest BCUT2D eigenvalue weighted by atomic mass is 28.2. The molecule has 2 heterocycles. The lowest BCUT2D eigenvalue weighted by atomic mass is 9.77. The van der Waals surface area contributed by atoms with Crippen LogP contribution in [-0.2, 0) is 19.1 Å². The van der Waals surface area contributed by atoms with E-state index in [1.807, 2.05) is 0 Å². The number of carbonyl (C=O) groups is 2. The van der Waals surface area contributed by atoms with E-state index >= 15 is 0 Å². The third-order valence-electron chi connectivity index (χ3n) is 5.87. The number of esters is 1. The molecule has 1 saturated carbocycles. The minimum absolute atomic E-state index is 0.0375. The number of rotatable bonds is 12. The normalized spacial score (nSPS) is 27.1. The van der Waals surface area contributed by atoms with Gasteiger partial charge in [-0.3, -0.25) is 9.59 Å². The number of ether oxygens (including phenoxy) is 2. The van der Waals surface area contributed by atoms with Crippen molar-refractivity contribution in [1.82, 2.24) is 0 Å². The van der Waals surface area contributed by atoms with Crippen LogP contribution in [0.3, 0.4) is 0 Å². The summed E-state index contributed by atoms with van der Waals surface area (Å²) in [6, 6.07) is 1.40. The van der Waals surface area contributed by atoms with Crippen molar-refractivity contribution in [2.45, 2.75) is 89.3 Å². The van der Waals surface area contributed by atoms with Crippen LogP contribution in [-0.4, -0.2) is 34.0 Å². The van der Waals surface area contributed by atoms with Gasteiger partial charge in [-0.1, -0.05) is 45.6 Å². The molecule has 0 N–H and O–H groups in total. The van der Waals surface area contributed by atoms with E-state index in [2.05, 4.69) is 13.8 Å². The summed E-state index contributed by atoms with van der Waals surface area (Å²) >= 11 is 0. The van der Waals surface area contributed by atoms with Crippen LogP contribution in [0.2, 0.25) is 11.6 Å². The molecule has 26 heavy (non-hydrogen) atoms. The Morgan fingerprint density at radius 2 is 2.12 bits per heavy atom. The average molecular weight is 381 g/mol. The van der Waals surface area contributed by atoms with Crippen molar-refractivity contribution >= 4 is 21.3 Å². The van der Waals surface area contributed by atoms with E-state index in [9.17, 15) is 9.59 Å². The van der Waals surface area contributed by atoms with Crippen molar-refractivity contribution in [1.29, 1.82) is 0 Å². The van der Waals surface area contributed by atoms with Gasteiger partial charge in [-0.15, -0.1) is 0 Å². The van der Waals surface area contributed by atoms with Crippen LogP contribution in [0.4, 0.5) is 0 Å². The van der Waals surface area contributed by atoms with Gasteiger partial charge in [-0.25, -0.2) is 0 Å². The summed E-state index contributed by atoms with van der Waals surface area (Å²) in [5.41, 5.74) is 0.740. The van der Waals surface area contributed by atoms with E-state index in [0.29, 0.717) is 25.0 Å². The fraction of sp³-hybridized carbons (Fsp3) is 0.810. The minimum atomic E-state index is -0.351. The number of hydrogen-bond donors (Lipinski definition) is 0. The molecular formula is C21H36O4Si. The molecule has 3 aliphatic rings. The van der Waals surface area contributed by atoms with Gasteiger partial charge in [0.05, 0.1) is 18.6 Å². The molecule has 5 heteroatoms. The Labute approximate surface area is 161 Å². The van der Waals surface area contributed by atoms with Crippen LogP contribution in [0.15, 0.2) is 0 Å². The summed E-state index contributed by atoms with van der Waals surface area (Å²) in [5.74, 6) is -0.269. The van der Waals surface area contributed by atoms with Crippen LogP contribution in [0.1, 0.15) is 71.6 Å². The summed E-state index contributed by atoms with van der Waals surface area (Å²) in [4.78, 5) is 25.0. The maximum Gasteiger partial charge on any atom is 0.309 e. The van der Waals surface area contributed by atoms with Gasteiger partial charge in [0.1, 0.15) is 0 Å². The zero-order valence-electron chi connectivity index (χ0n) is 16.6. The molecule has 4 nitrogen and oxygen atoms in total. The average Bonchev–Trinajstić information content (AvgIpc) is 2.65. The Kier molecular flexibility index (Phi) is 9.33. The Morgan fingerprint density at radius 3 is 2.73 bits per heavy atom. The topological polar surface area (TPSA) is 52.6 Å². The summed E-state index contributed by atoms with van der Waals surface area (Å²) in [6.07, 6.45) is 9.38. The molecule has 0 aromatic heterocycles. The first kappa shape index (κ1) is 21.6. The van der Waals surface area contributed by atoms with Crippen molar-refractivity contribution in [3.63, 3.8) is 0 Å². The Balaban J connectivity index is 1.89.